The Morgan fingerprint density at radius 1 is 1.43 bits per heavy atom. The first-order chi connectivity index (χ1) is 11.1. The summed E-state index contributed by atoms with van der Waals surface area (Å²) in [5, 5.41) is 14.4. The molecule has 124 valence electrons. The highest BCUT2D eigenvalue weighted by atomic mass is 32.1. The minimum atomic E-state index is -0.884. The van der Waals surface area contributed by atoms with Gasteiger partial charge in [-0.05, 0) is 12.5 Å². The van der Waals surface area contributed by atoms with Crippen LogP contribution in [0.4, 0.5) is 5.13 Å². The highest BCUT2D eigenvalue weighted by molar-refractivity contribution is 7.13. The molecule has 0 fully saturated rings. The average Bonchev–Trinajstić information content (AvgIpc) is 2.97. The lowest BCUT2D eigenvalue weighted by Gasteiger charge is -2.14. The van der Waals surface area contributed by atoms with E-state index in [0.29, 0.717) is 29.7 Å². The number of anilines is 1. The van der Waals surface area contributed by atoms with Crippen molar-refractivity contribution < 1.29 is 19.4 Å². The summed E-state index contributed by atoms with van der Waals surface area (Å²) in [6.07, 6.45) is 0.845. The van der Waals surface area contributed by atoms with Crippen molar-refractivity contribution in [3.05, 3.63) is 34.8 Å². The molecule has 1 heterocycles. The van der Waals surface area contributed by atoms with E-state index in [2.05, 4.69) is 10.3 Å². The van der Waals surface area contributed by atoms with Crippen LogP contribution in [0.5, 0.6) is 11.5 Å². The summed E-state index contributed by atoms with van der Waals surface area (Å²) in [6.45, 7) is 3.19. The van der Waals surface area contributed by atoms with E-state index in [4.69, 9.17) is 14.6 Å². The number of para-hydroxylation sites is 1. The second kappa shape index (κ2) is 8.38. The summed E-state index contributed by atoms with van der Waals surface area (Å²) in [5.41, 5.74) is 1.52. The number of benzene rings is 1. The number of carboxylic acids is 1. The summed E-state index contributed by atoms with van der Waals surface area (Å²) in [4.78, 5) is 14.9. The number of hydrogen-bond acceptors (Lipinski definition) is 6. The van der Waals surface area contributed by atoms with E-state index in [1.54, 1.807) is 12.5 Å². The Kier molecular flexibility index (Phi) is 6.22. The maximum atomic E-state index is 10.7. The number of thiazole rings is 1. The first-order valence-electron chi connectivity index (χ1n) is 7.32. The molecule has 0 saturated heterocycles. The van der Waals surface area contributed by atoms with Gasteiger partial charge in [0.2, 0.25) is 0 Å². The van der Waals surface area contributed by atoms with E-state index in [9.17, 15) is 4.79 Å². The zero-order chi connectivity index (χ0) is 16.7. The second-order valence-electron chi connectivity index (χ2n) is 4.87. The molecule has 0 aliphatic rings. The molecule has 2 aromatic rings. The smallest absolute Gasteiger partial charge is 0.309 e. The Morgan fingerprint density at radius 3 is 2.96 bits per heavy atom. The molecule has 0 saturated carbocycles. The van der Waals surface area contributed by atoms with Crippen LogP contribution in [0.15, 0.2) is 23.6 Å². The molecule has 0 unspecified atom stereocenters. The summed E-state index contributed by atoms with van der Waals surface area (Å²) in [6, 6.07) is 5.74. The van der Waals surface area contributed by atoms with Crippen LogP contribution in [0, 0.1) is 0 Å². The molecule has 0 aliphatic heterocycles. The van der Waals surface area contributed by atoms with Gasteiger partial charge in [0.25, 0.3) is 0 Å². The number of carbonyl (C=O) groups is 1. The molecule has 0 aliphatic carbocycles. The zero-order valence-electron chi connectivity index (χ0n) is 13.2. The number of hydrogen-bond donors (Lipinski definition) is 2. The largest absolute Gasteiger partial charge is 0.493 e. The Labute approximate surface area is 139 Å². The molecular weight excluding hydrogens is 316 g/mol. The van der Waals surface area contributed by atoms with Crippen LogP contribution in [-0.2, 0) is 17.8 Å². The number of nitrogens with one attached hydrogen (secondary N) is 1. The van der Waals surface area contributed by atoms with Crippen LogP contribution in [-0.4, -0.2) is 29.8 Å². The van der Waals surface area contributed by atoms with Crippen LogP contribution in [0.2, 0.25) is 0 Å². The molecule has 0 atom stereocenters. The Bertz CT molecular complexity index is 657. The number of ether oxygens (including phenoxy) is 2. The zero-order valence-corrected chi connectivity index (χ0v) is 14.0. The summed E-state index contributed by atoms with van der Waals surface area (Å²) >= 11 is 1.39. The maximum Gasteiger partial charge on any atom is 0.309 e. The molecule has 7 heteroatoms. The highest BCUT2D eigenvalue weighted by Crippen LogP contribution is 2.32. The van der Waals surface area contributed by atoms with Gasteiger partial charge in [0.15, 0.2) is 16.6 Å². The normalized spacial score (nSPS) is 10.3. The molecule has 1 aromatic carbocycles. The molecular formula is C16H20N2O4S. The number of carboxylic acid groups (broad SMARTS) is 1. The number of methoxy groups -OCH3 is 1. The SMILES string of the molecule is CCCOc1c(CNc2nc(CC(=O)O)cs2)cccc1OC. The van der Waals surface area contributed by atoms with Gasteiger partial charge >= 0.3 is 5.97 Å². The second-order valence-corrected chi connectivity index (χ2v) is 5.72. The summed E-state index contributed by atoms with van der Waals surface area (Å²) < 4.78 is 11.1. The van der Waals surface area contributed by atoms with Crippen LogP contribution in [0.3, 0.4) is 0 Å². The van der Waals surface area contributed by atoms with Gasteiger partial charge in [-0.3, -0.25) is 4.79 Å². The highest BCUT2D eigenvalue weighted by Gasteiger charge is 2.11. The number of aromatic nitrogens is 1. The Morgan fingerprint density at radius 2 is 2.26 bits per heavy atom. The van der Waals surface area contributed by atoms with E-state index < -0.39 is 5.97 Å². The fraction of sp³-hybridized carbons (Fsp3) is 0.375. The van der Waals surface area contributed by atoms with E-state index >= 15 is 0 Å². The van der Waals surface area contributed by atoms with E-state index in [1.165, 1.54) is 11.3 Å². The first kappa shape index (κ1) is 17.1. The predicted molar refractivity (Wildman–Crippen MR) is 89.6 cm³/mol. The van der Waals surface area contributed by atoms with Crippen LogP contribution < -0.4 is 14.8 Å². The van der Waals surface area contributed by atoms with E-state index in [-0.39, 0.29) is 6.42 Å². The van der Waals surface area contributed by atoms with Gasteiger partial charge in [-0.2, -0.15) is 0 Å². The topological polar surface area (TPSA) is 80.7 Å². The van der Waals surface area contributed by atoms with E-state index in [1.807, 2.05) is 25.1 Å². The lowest BCUT2D eigenvalue weighted by Crippen LogP contribution is -2.06. The molecule has 1 aromatic heterocycles. The molecule has 0 bridgehead atoms. The fourth-order valence-corrected chi connectivity index (χ4v) is 2.73. The first-order valence-corrected chi connectivity index (χ1v) is 8.20. The predicted octanol–water partition coefficient (Wildman–Crippen LogP) is 3.18. The van der Waals surface area contributed by atoms with Crippen LogP contribution >= 0.6 is 11.3 Å². The molecule has 6 nitrogen and oxygen atoms in total. The van der Waals surface area contributed by atoms with Crippen LogP contribution in [0.25, 0.3) is 0 Å². The molecule has 2 rings (SSSR count). The quantitative estimate of drug-likeness (QED) is 0.732. The fourth-order valence-electron chi connectivity index (χ4n) is 2.02. The van der Waals surface area contributed by atoms with Crippen molar-refractivity contribution in [2.75, 3.05) is 19.0 Å². The minimum Gasteiger partial charge on any atom is -0.493 e. The minimum absolute atomic E-state index is 0.0673. The van der Waals surface area contributed by atoms with Gasteiger partial charge in [-0.25, -0.2) is 4.98 Å². The Balaban J connectivity index is 2.07. The lowest BCUT2D eigenvalue weighted by molar-refractivity contribution is -0.136. The third kappa shape index (κ3) is 4.85. The lowest BCUT2D eigenvalue weighted by atomic mass is 10.2. The molecule has 0 amide bonds. The molecule has 2 N–H and O–H groups in total. The maximum absolute atomic E-state index is 10.7. The van der Waals surface area contributed by atoms with Crippen LogP contribution in [0.1, 0.15) is 24.6 Å². The third-order valence-corrected chi connectivity index (χ3v) is 3.89. The van der Waals surface area contributed by atoms with Crippen molar-refractivity contribution in [3.63, 3.8) is 0 Å². The summed E-state index contributed by atoms with van der Waals surface area (Å²) in [7, 11) is 1.62. The van der Waals surface area contributed by atoms with Gasteiger partial charge in [0.1, 0.15) is 0 Å². The van der Waals surface area contributed by atoms with Crippen molar-refractivity contribution in [3.8, 4) is 11.5 Å². The monoisotopic (exact) mass is 336 g/mol. The molecule has 23 heavy (non-hydrogen) atoms. The van der Waals surface area contributed by atoms with Gasteiger partial charge in [-0.1, -0.05) is 19.1 Å². The number of aliphatic carboxylic acids is 1. The van der Waals surface area contributed by atoms with E-state index in [0.717, 1.165) is 17.7 Å². The van der Waals surface area contributed by atoms with Crippen molar-refractivity contribution in [1.29, 1.82) is 0 Å². The third-order valence-electron chi connectivity index (χ3n) is 3.05. The number of rotatable bonds is 9. The van der Waals surface area contributed by atoms with Gasteiger partial charge in [0.05, 0.1) is 25.8 Å². The van der Waals surface area contributed by atoms with Crippen molar-refractivity contribution in [2.24, 2.45) is 0 Å². The average molecular weight is 336 g/mol. The summed E-state index contributed by atoms with van der Waals surface area (Å²) in [5.74, 6) is 0.542. The van der Waals surface area contributed by atoms with Crippen molar-refractivity contribution in [1.82, 2.24) is 4.98 Å². The van der Waals surface area contributed by atoms with Gasteiger partial charge in [-0.15, -0.1) is 11.3 Å². The van der Waals surface area contributed by atoms with Gasteiger partial charge < -0.3 is 19.9 Å². The van der Waals surface area contributed by atoms with Crippen molar-refractivity contribution >= 4 is 22.4 Å². The molecule has 0 spiro atoms. The standard InChI is InChI=1S/C16H20N2O4S/c1-3-7-22-15-11(5-4-6-13(15)21-2)9-17-16-18-12(10-23-16)8-14(19)20/h4-6,10H,3,7-9H2,1-2H3,(H,17,18)(H,19,20). The van der Waals surface area contributed by atoms with Gasteiger partial charge in [0, 0.05) is 17.5 Å². The Hall–Kier alpha value is -2.28. The molecule has 0 radical (unpaired) electrons. The number of nitrogens with zero attached hydrogens (tertiary/aromatic N) is 1. The van der Waals surface area contributed by atoms with Crippen molar-refractivity contribution in [2.45, 2.75) is 26.3 Å².